The van der Waals surface area contributed by atoms with Gasteiger partial charge < -0.3 is 4.74 Å². The molecule has 0 atom stereocenters. The second-order valence-corrected chi connectivity index (χ2v) is 7.23. The lowest BCUT2D eigenvalue weighted by Crippen LogP contribution is -2.05. The van der Waals surface area contributed by atoms with Gasteiger partial charge in [-0.2, -0.15) is 0 Å². The second kappa shape index (κ2) is 6.64. The van der Waals surface area contributed by atoms with Gasteiger partial charge in [0.1, 0.15) is 21.9 Å². The van der Waals surface area contributed by atoms with Crippen LogP contribution >= 0.6 is 23.1 Å². The van der Waals surface area contributed by atoms with Gasteiger partial charge in [-0.1, -0.05) is 0 Å². The zero-order valence-corrected chi connectivity index (χ0v) is 14.6. The van der Waals surface area contributed by atoms with Crippen LogP contribution in [-0.4, -0.2) is 28.0 Å². The molecule has 0 unspecified atom stereocenters. The van der Waals surface area contributed by atoms with E-state index in [9.17, 15) is 4.79 Å². The van der Waals surface area contributed by atoms with Crippen molar-refractivity contribution in [1.29, 1.82) is 0 Å². The average Bonchev–Trinajstić information content (AvgIpc) is 2.93. The number of esters is 1. The Bertz CT molecular complexity index is 877. The van der Waals surface area contributed by atoms with E-state index in [2.05, 4.69) is 32.7 Å². The van der Waals surface area contributed by atoms with E-state index >= 15 is 0 Å². The van der Waals surface area contributed by atoms with Crippen molar-refractivity contribution in [2.45, 2.75) is 24.6 Å². The van der Waals surface area contributed by atoms with Crippen molar-refractivity contribution >= 4 is 39.3 Å². The summed E-state index contributed by atoms with van der Waals surface area (Å²) < 4.78 is 4.69. The summed E-state index contributed by atoms with van der Waals surface area (Å²) in [5, 5.41) is 2.06. The van der Waals surface area contributed by atoms with Gasteiger partial charge in [0.2, 0.25) is 0 Å². The topological polar surface area (TPSA) is 65.0 Å². The zero-order valence-electron chi connectivity index (χ0n) is 13.0. The fourth-order valence-corrected chi connectivity index (χ4v) is 4.11. The van der Waals surface area contributed by atoms with E-state index in [4.69, 9.17) is 0 Å². The fraction of sp³-hybridized carbons (Fsp3) is 0.250. The Balaban J connectivity index is 1.81. The molecule has 3 aromatic rings. The minimum absolute atomic E-state index is 0.330. The number of nitrogens with zero attached hydrogens (tertiary/aromatic N) is 3. The third-order valence-corrected chi connectivity index (χ3v) is 5.41. The van der Waals surface area contributed by atoms with Crippen molar-refractivity contribution in [1.82, 2.24) is 15.0 Å². The molecule has 0 aliphatic carbocycles. The van der Waals surface area contributed by atoms with Gasteiger partial charge in [-0.15, -0.1) is 23.1 Å². The van der Waals surface area contributed by atoms with E-state index in [1.54, 1.807) is 41.7 Å². The number of ether oxygens (including phenoxy) is 1. The fourth-order valence-electron chi connectivity index (χ4n) is 2.17. The summed E-state index contributed by atoms with van der Waals surface area (Å²) >= 11 is 3.32. The van der Waals surface area contributed by atoms with Crippen LogP contribution in [0.25, 0.3) is 10.2 Å². The predicted molar refractivity (Wildman–Crippen MR) is 92.0 cm³/mol. The number of aryl methyl sites for hydroxylation is 2. The molecule has 7 heteroatoms. The van der Waals surface area contributed by atoms with Crippen LogP contribution in [-0.2, 0) is 10.5 Å². The summed E-state index contributed by atoms with van der Waals surface area (Å²) in [5.74, 6) is 0.319. The number of thiophene rings is 1. The van der Waals surface area contributed by atoms with E-state index in [0.717, 1.165) is 32.1 Å². The number of hydrogen-bond acceptors (Lipinski definition) is 7. The van der Waals surface area contributed by atoms with E-state index < -0.39 is 5.97 Å². The highest BCUT2D eigenvalue weighted by molar-refractivity contribution is 7.98. The highest BCUT2D eigenvalue weighted by atomic mass is 32.2. The minimum atomic E-state index is -0.418. The second-order valence-electron chi connectivity index (χ2n) is 5.03. The Morgan fingerprint density at radius 2 is 2.09 bits per heavy atom. The molecule has 3 heterocycles. The van der Waals surface area contributed by atoms with Gasteiger partial charge in [0.05, 0.1) is 7.11 Å². The Labute approximate surface area is 142 Å². The van der Waals surface area contributed by atoms with Crippen molar-refractivity contribution < 1.29 is 9.53 Å². The van der Waals surface area contributed by atoms with Crippen molar-refractivity contribution in [2.24, 2.45) is 0 Å². The lowest BCUT2D eigenvalue weighted by molar-refractivity contribution is 0.0594. The van der Waals surface area contributed by atoms with Gasteiger partial charge in [0.25, 0.3) is 0 Å². The molecular weight excluding hydrogens is 330 g/mol. The molecular formula is C16H15N3O2S2. The van der Waals surface area contributed by atoms with Crippen molar-refractivity contribution in [2.75, 3.05) is 7.11 Å². The Morgan fingerprint density at radius 1 is 1.26 bits per heavy atom. The number of fused-ring (bicyclic) bond motifs is 1. The van der Waals surface area contributed by atoms with Crippen LogP contribution in [0.3, 0.4) is 0 Å². The molecule has 0 radical (unpaired) electrons. The van der Waals surface area contributed by atoms with Gasteiger partial charge in [-0.05, 0) is 37.1 Å². The molecule has 0 aliphatic heterocycles. The Kier molecular flexibility index (Phi) is 4.58. The SMILES string of the molecule is COC(=O)c1cc(C)c(CSc2ncnc3sc(C)cc23)cn1. The molecule has 118 valence electrons. The third kappa shape index (κ3) is 3.35. The molecule has 0 amide bonds. The number of pyridine rings is 1. The molecule has 0 saturated heterocycles. The van der Waals surface area contributed by atoms with Crippen molar-refractivity contribution in [3.8, 4) is 0 Å². The normalized spacial score (nSPS) is 10.9. The lowest BCUT2D eigenvalue weighted by atomic mass is 10.1. The number of hydrogen-bond donors (Lipinski definition) is 0. The van der Waals surface area contributed by atoms with Gasteiger partial charge in [0.15, 0.2) is 0 Å². The molecule has 3 rings (SSSR count). The van der Waals surface area contributed by atoms with Gasteiger partial charge in [-0.25, -0.2) is 19.7 Å². The quantitative estimate of drug-likeness (QED) is 0.407. The van der Waals surface area contributed by atoms with Crippen LogP contribution in [0.4, 0.5) is 0 Å². The number of rotatable bonds is 4. The molecule has 23 heavy (non-hydrogen) atoms. The van der Waals surface area contributed by atoms with Gasteiger partial charge in [-0.3, -0.25) is 0 Å². The first-order valence-electron chi connectivity index (χ1n) is 6.96. The third-order valence-electron chi connectivity index (χ3n) is 3.39. The average molecular weight is 345 g/mol. The monoisotopic (exact) mass is 345 g/mol. The summed E-state index contributed by atoms with van der Waals surface area (Å²) in [7, 11) is 1.35. The summed E-state index contributed by atoms with van der Waals surface area (Å²) in [6, 6.07) is 3.87. The molecule has 5 nitrogen and oxygen atoms in total. The maximum atomic E-state index is 11.5. The van der Waals surface area contributed by atoms with Crippen LogP contribution in [0.1, 0.15) is 26.5 Å². The number of thioether (sulfide) groups is 1. The first-order valence-corrected chi connectivity index (χ1v) is 8.76. The molecule has 0 N–H and O–H groups in total. The molecule has 0 aromatic carbocycles. The summed E-state index contributed by atoms with van der Waals surface area (Å²) in [6.45, 7) is 4.04. The number of carbonyl (C=O) groups excluding carboxylic acids is 1. The maximum absolute atomic E-state index is 11.5. The molecule has 0 spiro atoms. The number of carbonyl (C=O) groups is 1. The number of aromatic nitrogens is 3. The summed E-state index contributed by atoms with van der Waals surface area (Å²) in [6.07, 6.45) is 3.33. The summed E-state index contributed by atoms with van der Waals surface area (Å²) in [4.78, 5) is 26.6. The molecule has 0 aliphatic rings. The number of methoxy groups -OCH3 is 1. The highest BCUT2D eigenvalue weighted by Gasteiger charge is 2.11. The standard InChI is InChI=1S/C16H15N3O2S2/c1-9-4-13(16(20)21-3)17-6-11(9)7-22-14-12-5-10(2)23-15(12)19-8-18-14/h4-6,8H,7H2,1-3H3. The van der Waals surface area contributed by atoms with Crippen LogP contribution in [0.15, 0.2) is 29.7 Å². The molecule has 0 saturated carbocycles. The van der Waals surface area contributed by atoms with E-state index in [1.807, 2.05) is 6.92 Å². The smallest absolute Gasteiger partial charge is 0.356 e. The first kappa shape index (κ1) is 15.9. The Morgan fingerprint density at radius 3 is 2.83 bits per heavy atom. The molecule has 3 aromatic heterocycles. The van der Waals surface area contributed by atoms with Crippen LogP contribution in [0.5, 0.6) is 0 Å². The van der Waals surface area contributed by atoms with Gasteiger partial charge >= 0.3 is 5.97 Å². The van der Waals surface area contributed by atoms with Gasteiger partial charge in [0, 0.05) is 22.2 Å². The molecule has 0 fully saturated rings. The minimum Gasteiger partial charge on any atom is -0.464 e. The van der Waals surface area contributed by atoms with E-state index in [0.29, 0.717) is 5.69 Å². The van der Waals surface area contributed by atoms with E-state index in [1.165, 1.54) is 12.0 Å². The maximum Gasteiger partial charge on any atom is 0.356 e. The van der Waals surface area contributed by atoms with Crippen molar-refractivity contribution in [3.63, 3.8) is 0 Å². The summed E-state index contributed by atoms with van der Waals surface area (Å²) in [5.41, 5.74) is 2.41. The molecule has 0 bridgehead atoms. The Hall–Kier alpha value is -1.99. The van der Waals surface area contributed by atoms with Crippen LogP contribution in [0, 0.1) is 13.8 Å². The van der Waals surface area contributed by atoms with E-state index in [-0.39, 0.29) is 0 Å². The van der Waals surface area contributed by atoms with Crippen molar-refractivity contribution in [3.05, 3.63) is 46.4 Å². The first-order chi connectivity index (χ1) is 11.1. The van der Waals surface area contributed by atoms with Crippen LogP contribution < -0.4 is 0 Å². The lowest BCUT2D eigenvalue weighted by Gasteiger charge is -2.07. The largest absolute Gasteiger partial charge is 0.464 e. The highest BCUT2D eigenvalue weighted by Crippen LogP contribution is 2.32. The predicted octanol–water partition coefficient (Wildman–Crippen LogP) is 3.78. The zero-order chi connectivity index (χ0) is 16.4. The van der Waals surface area contributed by atoms with Crippen LogP contribution in [0.2, 0.25) is 0 Å².